The zero-order valence-corrected chi connectivity index (χ0v) is 12.1. The van der Waals surface area contributed by atoms with Crippen LogP contribution in [0.15, 0.2) is 10.5 Å². The molecule has 1 fully saturated rings. The van der Waals surface area contributed by atoms with Crippen molar-refractivity contribution in [2.45, 2.75) is 32.9 Å². The van der Waals surface area contributed by atoms with Crippen LogP contribution in [-0.4, -0.2) is 43.5 Å². The molecule has 2 unspecified atom stereocenters. The minimum Gasteiger partial charge on any atom is -0.466 e. The first-order valence-corrected chi connectivity index (χ1v) is 6.79. The molecule has 106 valence electrons. The summed E-state index contributed by atoms with van der Waals surface area (Å²) >= 11 is 0. The Bertz CT molecular complexity index is 456. The second-order valence-electron chi connectivity index (χ2n) is 5.12. The average molecular weight is 265 g/mol. The maximum Gasteiger partial charge on any atom is 0.238 e. The van der Waals surface area contributed by atoms with Gasteiger partial charge in [-0.3, -0.25) is 9.69 Å². The molecule has 1 amide bonds. The number of likely N-dealkylation sites (N-methyl/N-ethyl adjacent to an activating group) is 1. The number of aryl methyl sites for hydroxylation is 2. The Kier molecular flexibility index (Phi) is 4.27. The predicted octanol–water partition coefficient (Wildman–Crippen LogP) is 0.977. The number of piperazine rings is 1. The van der Waals surface area contributed by atoms with E-state index in [1.807, 2.05) is 13.8 Å². The lowest BCUT2D eigenvalue weighted by Crippen LogP contribution is -2.57. The molecule has 5 nitrogen and oxygen atoms in total. The van der Waals surface area contributed by atoms with Crippen LogP contribution >= 0.6 is 0 Å². The summed E-state index contributed by atoms with van der Waals surface area (Å²) in [7, 11) is 1.69. The SMILES string of the molecule is CNC(=O)C1CNCCN1C(C)c1cc(C)oc1C. The molecule has 2 heterocycles. The molecule has 2 rings (SSSR count). The highest BCUT2D eigenvalue weighted by atomic mass is 16.3. The second kappa shape index (κ2) is 5.75. The Morgan fingerprint density at radius 1 is 1.58 bits per heavy atom. The van der Waals surface area contributed by atoms with Crippen LogP contribution in [0.25, 0.3) is 0 Å². The molecule has 0 spiro atoms. The quantitative estimate of drug-likeness (QED) is 0.855. The molecule has 1 aliphatic rings. The number of furan rings is 1. The first-order valence-electron chi connectivity index (χ1n) is 6.79. The van der Waals surface area contributed by atoms with E-state index in [0.29, 0.717) is 6.54 Å². The van der Waals surface area contributed by atoms with Gasteiger partial charge in [-0.05, 0) is 26.8 Å². The van der Waals surface area contributed by atoms with Gasteiger partial charge in [0.15, 0.2) is 0 Å². The Morgan fingerprint density at radius 3 is 2.89 bits per heavy atom. The molecule has 19 heavy (non-hydrogen) atoms. The van der Waals surface area contributed by atoms with Crippen LogP contribution in [0, 0.1) is 13.8 Å². The molecule has 1 aromatic rings. The number of nitrogens with zero attached hydrogens (tertiary/aromatic N) is 1. The summed E-state index contributed by atoms with van der Waals surface area (Å²) in [6.45, 7) is 8.54. The number of carbonyl (C=O) groups excluding carboxylic acids is 1. The largest absolute Gasteiger partial charge is 0.466 e. The van der Waals surface area contributed by atoms with Crippen molar-refractivity contribution in [1.29, 1.82) is 0 Å². The van der Waals surface area contributed by atoms with Crippen LogP contribution in [0.2, 0.25) is 0 Å². The van der Waals surface area contributed by atoms with Crippen molar-refractivity contribution in [3.05, 3.63) is 23.2 Å². The van der Waals surface area contributed by atoms with Crippen molar-refractivity contribution in [3.63, 3.8) is 0 Å². The van der Waals surface area contributed by atoms with E-state index in [0.717, 1.165) is 24.6 Å². The number of hydrogen-bond acceptors (Lipinski definition) is 4. The van der Waals surface area contributed by atoms with Crippen molar-refractivity contribution in [2.24, 2.45) is 0 Å². The predicted molar refractivity (Wildman–Crippen MR) is 74.0 cm³/mol. The van der Waals surface area contributed by atoms with E-state index in [1.165, 1.54) is 5.56 Å². The fourth-order valence-electron chi connectivity index (χ4n) is 2.84. The first-order chi connectivity index (χ1) is 9.04. The van der Waals surface area contributed by atoms with Gasteiger partial charge in [-0.2, -0.15) is 0 Å². The van der Waals surface area contributed by atoms with Gasteiger partial charge in [-0.25, -0.2) is 0 Å². The van der Waals surface area contributed by atoms with E-state index in [-0.39, 0.29) is 18.0 Å². The molecule has 0 radical (unpaired) electrons. The summed E-state index contributed by atoms with van der Waals surface area (Å²) in [4.78, 5) is 14.2. The summed E-state index contributed by atoms with van der Waals surface area (Å²) in [5, 5.41) is 6.03. The third kappa shape index (κ3) is 2.82. The third-order valence-electron chi connectivity index (χ3n) is 3.86. The third-order valence-corrected chi connectivity index (χ3v) is 3.86. The van der Waals surface area contributed by atoms with E-state index in [2.05, 4.69) is 28.5 Å². The van der Waals surface area contributed by atoms with Crippen molar-refractivity contribution >= 4 is 5.91 Å². The highest BCUT2D eigenvalue weighted by Crippen LogP contribution is 2.28. The maximum atomic E-state index is 12.0. The number of carbonyl (C=O) groups is 1. The minimum absolute atomic E-state index is 0.0666. The van der Waals surface area contributed by atoms with Gasteiger partial charge in [-0.1, -0.05) is 0 Å². The monoisotopic (exact) mass is 265 g/mol. The fraction of sp³-hybridized carbons (Fsp3) is 0.643. The molecule has 0 aliphatic carbocycles. The number of nitrogens with one attached hydrogen (secondary N) is 2. The molecule has 1 aromatic heterocycles. The normalized spacial score (nSPS) is 22.2. The molecular formula is C14H23N3O2. The smallest absolute Gasteiger partial charge is 0.238 e. The lowest BCUT2D eigenvalue weighted by molar-refractivity contribution is -0.127. The van der Waals surface area contributed by atoms with E-state index < -0.39 is 0 Å². The molecular weight excluding hydrogens is 242 g/mol. The van der Waals surface area contributed by atoms with Crippen molar-refractivity contribution in [1.82, 2.24) is 15.5 Å². The molecule has 0 saturated carbocycles. The van der Waals surface area contributed by atoms with Crippen LogP contribution in [0.5, 0.6) is 0 Å². The minimum atomic E-state index is -0.122. The highest BCUT2D eigenvalue weighted by molar-refractivity contribution is 5.81. The Labute approximate surface area is 114 Å². The van der Waals surface area contributed by atoms with Gasteiger partial charge < -0.3 is 15.1 Å². The number of amides is 1. The molecule has 2 N–H and O–H groups in total. The van der Waals surface area contributed by atoms with Crippen LogP contribution in [-0.2, 0) is 4.79 Å². The van der Waals surface area contributed by atoms with E-state index >= 15 is 0 Å². The molecule has 0 bridgehead atoms. The Morgan fingerprint density at radius 2 is 2.32 bits per heavy atom. The standard InChI is InChI=1S/C14H23N3O2/c1-9-7-12(11(3)19-9)10(2)17-6-5-16-8-13(17)14(18)15-4/h7,10,13,16H,5-6,8H2,1-4H3,(H,15,18). The van der Waals surface area contributed by atoms with E-state index in [1.54, 1.807) is 7.05 Å². The lowest BCUT2D eigenvalue weighted by Gasteiger charge is -2.39. The Balaban J connectivity index is 2.22. The van der Waals surface area contributed by atoms with Gasteiger partial charge >= 0.3 is 0 Å². The molecule has 0 aromatic carbocycles. The van der Waals surface area contributed by atoms with Crippen molar-refractivity contribution < 1.29 is 9.21 Å². The molecule has 5 heteroatoms. The van der Waals surface area contributed by atoms with Gasteiger partial charge in [-0.15, -0.1) is 0 Å². The summed E-state index contributed by atoms with van der Waals surface area (Å²) in [6.07, 6.45) is 0. The van der Waals surface area contributed by atoms with Crippen LogP contribution in [0.3, 0.4) is 0 Å². The van der Waals surface area contributed by atoms with Gasteiger partial charge in [0.05, 0.1) is 0 Å². The summed E-state index contributed by atoms with van der Waals surface area (Å²) in [6, 6.07) is 2.13. The van der Waals surface area contributed by atoms with Crippen molar-refractivity contribution in [2.75, 3.05) is 26.7 Å². The van der Waals surface area contributed by atoms with Crippen LogP contribution in [0.4, 0.5) is 0 Å². The highest BCUT2D eigenvalue weighted by Gasteiger charge is 2.32. The topological polar surface area (TPSA) is 57.5 Å². The lowest BCUT2D eigenvalue weighted by atomic mass is 10.0. The zero-order chi connectivity index (χ0) is 14.0. The fourth-order valence-corrected chi connectivity index (χ4v) is 2.84. The van der Waals surface area contributed by atoms with E-state index in [4.69, 9.17) is 4.42 Å². The molecule has 2 atom stereocenters. The zero-order valence-electron chi connectivity index (χ0n) is 12.1. The number of rotatable bonds is 3. The summed E-state index contributed by atoms with van der Waals surface area (Å²) in [5.41, 5.74) is 1.17. The number of hydrogen-bond donors (Lipinski definition) is 2. The average Bonchev–Trinajstić information content (AvgIpc) is 2.76. The molecule has 1 saturated heterocycles. The van der Waals surface area contributed by atoms with E-state index in [9.17, 15) is 4.79 Å². The van der Waals surface area contributed by atoms with Gasteiger partial charge in [0.1, 0.15) is 17.6 Å². The summed E-state index contributed by atoms with van der Waals surface area (Å²) in [5.74, 6) is 1.93. The van der Waals surface area contributed by atoms with Gasteiger partial charge in [0.25, 0.3) is 0 Å². The van der Waals surface area contributed by atoms with Crippen LogP contribution in [0.1, 0.15) is 30.0 Å². The van der Waals surface area contributed by atoms with Crippen LogP contribution < -0.4 is 10.6 Å². The van der Waals surface area contributed by atoms with Gasteiger partial charge in [0, 0.05) is 38.3 Å². The van der Waals surface area contributed by atoms with Crippen molar-refractivity contribution in [3.8, 4) is 0 Å². The summed E-state index contributed by atoms with van der Waals surface area (Å²) < 4.78 is 5.61. The Hall–Kier alpha value is -1.33. The molecule has 1 aliphatic heterocycles. The second-order valence-corrected chi connectivity index (χ2v) is 5.12. The maximum absolute atomic E-state index is 12.0. The van der Waals surface area contributed by atoms with Gasteiger partial charge in [0.2, 0.25) is 5.91 Å². The first kappa shape index (κ1) is 14.1.